The Hall–Kier alpha value is -1.80. The molecule has 3 unspecified atom stereocenters. The number of likely N-dealkylation sites (N-methyl/N-ethyl adjacent to an activating group) is 1. The molecule has 9 heteroatoms. The fraction of sp³-hybridized carbons (Fsp3) is 0.771. The molecule has 3 atom stereocenters. The Morgan fingerprint density at radius 3 is 1.53 bits per heavy atom. The first-order valence-corrected chi connectivity index (χ1v) is 24.6. The molecule has 0 aliphatic carbocycles. The maximum absolute atomic E-state index is 12.8. The summed E-state index contributed by atoms with van der Waals surface area (Å²) < 4.78 is 23.2. The first-order chi connectivity index (χ1) is 27.5. The Labute approximate surface area is 351 Å². The molecule has 0 fully saturated rings. The number of amides is 1. The van der Waals surface area contributed by atoms with E-state index in [2.05, 4.69) is 55.6 Å². The van der Waals surface area contributed by atoms with E-state index in [1.807, 2.05) is 39.4 Å². The summed E-state index contributed by atoms with van der Waals surface area (Å²) in [7, 11) is 1.21. The Morgan fingerprint density at radius 1 is 0.632 bits per heavy atom. The van der Waals surface area contributed by atoms with Gasteiger partial charge in [0.25, 0.3) is 7.82 Å². The maximum atomic E-state index is 12.8. The second-order valence-corrected chi connectivity index (χ2v) is 18.1. The Balaban J connectivity index is 4.41. The zero-order valence-corrected chi connectivity index (χ0v) is 38.4. The third-order valence-corrected chi connectivity index (χ3v) is 11.0. The first-order valence-electron chi connectivity index (χ1n) is 23.2. The van der Waals surface area contributed by atoms with Gasteiger partial charge in [-0.15, -0.1) is 0 Å². The van der Waals surface area contributed by atoms with Crippen molar-refractivity contribution in [3.8, 4) is 0 Å². The molecule has 332 valence electrons. The molecule has 0 aliphatic heterocycles. The van der Waals surface area contributed by atoms with Crippen molar-refractivity contribution in [1.82, 2.24) is 5.32 Å². The van der Waals surface area contributed by atoms with E-state index in [9.17, 15) is 19.4 Å². The van der Waals surface area contributed by atoms with Crippen LogP contribution in [0.4, 0.5) is 0 Å². The summed E-state index contributed by atoms with van der Waals surface area (Å²) in [4.78, 5) is 25.2. The summed E-state index contributed by atoms with van der Waals surface area (Å²) in [5.41, 5.74) is 0. The van der Waals surface area contributed by atoms with Gasteiger partial charge in [-0.3, -0.25) is 9.36 Å². The molecular weight excluding hydrogens is 732 g/mol. The van der Waals surface area contributed by atoms with E-state index in [0.717, 1.165) is 44.9 Å². The molecule has 0 aromatic rings. The molecule has 0 spiro atoms. The van der Waals surface area contributed by atoms with Gasteiger partial charge in [-0.1, -0.05) is 197 Å². The lowest BCUT2D eigenvalue weighted by atomic mass is 10.0. The van der Waals surface area contributed by atoms with Crippen molar-refractivity contribution in [3.05, 3.63) is 60.8 Å². The van der Waals surface area contributed by atoms with E-state index in [1.165, 1.54) is 116 Å². The lowest BCUT2D eigenvalue weighted by molar-refractivity contribution is -0.870. The molecule has 8 nitrogen and oxygen atoms in total. The number of nitrogens with zero attached hydrogens (tertiary/aromatic N) is 1. The number of aliphatic hydroxyl groups is 1. The van der Waals surface area contributed by atoms with Crippen LogP contribution in [-0.2, 0) is 18.4 Å². The zero-order chi connectivity index (χ0) is 42.1. The van der Waals surface area contributed by atoms with Crippen LogP contribution >= 0.6 is 7.82 Å². The fourth-order valence-corrected chi connectivity index (χ4v) is 7.06. The van der Waals surface area contributed by atoms with E-state index >= 15 is 0 Å². The second kappa shape index (κ2) is 39.6. The van der Waals surface area contributed by atoms with Crippen molar-refractivity contribution in [3.63, 3.8) is 0 Å². The number of allylic oxidation sites excluding steroid dienone is 9. The Bertz CT molecular complexity index is 1110. The van der Waals surface area contributed by atoms with Crippen LogP contribution in [0.3, 0.4) is 0 Å². The van der Waals surface area contributed by atoms with E-state index in [4.69, 9.17) is 9.05 Å². The third kappa shape index (κ3) is 42.1. The third-order valence-electron chi connectivity index (χ3n) is 10.00. The highest BCUT2D eigenvalue weighted by molar-refractivity contribution is 7.45. The number of rotatable bonds is 41. The largest absolute Gasteiger partial charge is 0.756 e. The summed E-state index contributed by atoms with van der Waals surface area (Å²) in [5, 5.41) is 13.7. The Kier molecular flexibility index (Phi) is 38.4. The fourth-order valence-electron chi connectivity index (χ4n) is 6.34. The molecule has 0 aliphatic rings. The van der Waals surface area contributed by atoms with E-state index < -0.39 is 26.6 Å². The van der Waals surface area contributed by atoms with Gasteiger partial charge in [-0.25, -0.2) is 0 Å². The van der Waals surface area contributed by atoms with Gasteiger partial charge >= 0.3 is 0 Å². The molecule has 0 bridgehead atoms. The molecule has 0 aromatic carbocycles. The van der Waals surface area contributed by atoms with Crippen LogP contribution in [-0.4, -0.2) is 68.5 Å². The van der Waals surface area contributed by atoms with Gasteiger partial charge in [0.2, 0.25) is 5.91 Å². The molecule has 2 N–H and O–H groups in total. The minimum Gasteiger partial charge on any atom is -0.756 e. The standard InChI is InChI=1S/C48H89N2O6P/c1-6-8-10-12-14-16-18-20-21-22-23-24-25-26-27-28-30-31-33-35-37-39-41-47(51)46(45-56-57(53,54)55-44-43-50(3,4)5)49-48(52)42-40-38-36-34-32-29-19-17-15-13-11-9-7-2/h9,11,15,17,29,32,36,38-39,41,46-47,51H,6-8,10,12-14,16,18-28,30-31,33-35,37,40,42-45H2,1-5H3,(H-,49,52,53,54)/b11-9-,17-15-,32-29-,38-36-,41-39+. The number of carbonyl (C=O) groups is 1. The Morgan fingerprint density at radius 2 is 1.07 bits per heavy atom. The highest BCUT2D eigenvalue weighted by atomic mass is 31.2. The van der Waals surface area contributed by atoms with Gasteiger partial charge in [0.05, 0.1) is 39.9 Å². The number of hydrogen-bond acceptors (Lipinski definition) is 6. The van der Waals surface area contributed by atoms with Crippen molar-refractivity contribution < 1.29 is 32.9 Å². The molecule has 0 saturated heterocycles. The zero-order valence-electron chi connectivity index (χ0n) is 37.5. The maximum Gasteiger partial charge on any atom is 0.268 e. The van der Waals surface area contributed by atoms with Crippen molar-refractivity contribution in [2.75, 3.05) is 40.9 Å². The van der Waals surface area contributed by atoms with Crippen LogP contribution in [0.25, 0.3) is 0 Å². The van der Waals surface area contributed by atoms with Gasteiger partial charge in [0, 0.05) is 6.42 Å². The monoisotopic (exact) mass is 821 g/mol. The lowest BCUT2D eigenvalue weighted by Crippen LogP contribution is -2.45. The van der Waals surface area contributed by atoms with Crippen molar-refractivity contribution in [2.24, 2.45) is 0 Å². The normalized spacial score (nSPS) is 14.9. The number of quaternary nitrogens is 1. The van der Waals surface area contributed by atoms with Crippen molar-refractivity contribution in [1.29, 1.82) is 0 Å². The minimum absolute atomic E-state index is 0.0158. The summed E-state index contributed by atoms with van der Waals surface area (Å²) in [6, 6.07) is -0.926. The highest BCUT2D eigenvalue weighted by Crippen LogP contribution is 2.38. The van der Waals surface area contributed by atoms with Gasteiger partial charge < -0.3 is 28.8 Å². The number of unbranched alkanes of at least 4 members (excludes halogenated alkanes) is 20. The number of phosphoric ester groups is 1. The summed E-state index contributed by atoms with van der Waals surface area (Å²) >= 11 is 0. The van der Waals surface area contributed by atoms with Gasteiger partial charge in [0.15, 0.2) is 0 Å². The van der Waals surface area contributed by atoms with Crippen LogP contribution in [0.2, 0.25) is 0 Å². The molecule has 1 amide bonds. The van der Waals surface area contributed by atoms with E-state index in [0.29, 0.717) is 17.4 Å². The van der Waals surface area contributed by atoms with Gasteiger partial charge in [-0.05, 0) is 44.9 Å². The van der Waals surface area contributed by atoms with Gasteiger partial charge in [-0.2, -0.15) is 0 Å². The van der Waals surface area contributed by atoms with Gasteiger partial charge in [0.1, 0.15) is 13.2 Å². The second-order valence-electron chi connectivity index (χ2n) is 16.7. The van der Waals surface area contributed by atoms with Crippen LogP contribution in [0, 0.1) is 0 Å². The molecule has 0 rings (SSSR count). The van der Waals surface area contributed by atoms with Crippen LogP contribution in [0.5, 0.6) is 0 Å². The van der Waals surface area contributed by atoms with Crippen LogP contribution < -0.4 is 10.2 Å². The summed E-state index contributed by atoms with van der Waals surface area (Å²) in [5.74, 6) is -0.278. The molecule has 0 radical (unpaired) electrons. The van der Waals surface area contributed by atoms with E-state index in [1.54, 1.807) is 6.08 Å². The van der Waals surface area contributed by atoms with Crippen LogP contribution in [0.15, 0.2) is 60.8 Å². The predicted octanol–water partition coefficient (Wildman–Crippen LogP) is 12.4. The number of phosphoric acid groups is 1. The highest BCUT2D eigenvalue weighted by Gasteiger charge is 2.23. The molecule has 0 aromatic heterocycles. The summed E-state index contributed by atoms with van der Waals surface area (Å²) in [6.07, 6.45) is 51.5. The molecule has 0 saturated carbocycles. The number of aliphatic hydroxyl groups excluding tert-OH is 1. The van der Waals surface area contributed by atoms with Crippen molar-refractivity contribution in [2.45, 2.75) is 199 Å². The average molecular weight is 821 g/mol. The minimum atomic E-state index is -4.61. The van der Waals surface area contributed by atoms with Crippen molar-refractivity contribution >= 4 is 13.7 Å². The predicted molar refractivity (Wildman–Crippen MR) is 242 cm³/mol. The number of carbonyl (C=O) groups excluding carboxylic acids is 1. The van der Waals surface area contributed by atoms with E-state index in [-0.39, 0.29) is 18.9 Å². The average Bonchev–Trinajstić information content (AvgIpc) is 3.16. The molecule has 57 heavy (non-hydrogen) atoms. The SMILES string of the molecule is CC/C=C\C/C=C\C/C=C\C/C=C\CCC(=O)NC(COP(=O)([O-])OCC[N+](C)(C)C)C(O)/C=C/CCCCCCCCCCCCCCCCCCCCCC. The summed E-state index contributed by atoms with van der Waals surface area (Å²) in [6.45, 7) is 4.47. The number of hydrogen-bond donors (Lipinski definition) is 2. The topological polar surface area (TPSA) is 108 Å². The van der Waals surface area contributed by atoms with Crippen LogP contribution in [0.1, 0.15) is 187 Å². The first kappa shape index (κ1) is 55.2. The lowest BCUT2D eigenvalue weighted by Gasteiger charge is -2.29. The quantitative estimate of drug-likeness (QED) is 0.0275. The molecular formula is C48H89N2O6P. The number of nitrogens with one attached hydrogen (secondary N) is 1. The smallest absolute Gasteiger partial charge is 0.268 e. The molecule has 0 heterocycles.